The molecule has 0 saturated heterocycles. The molecule has 0 radical (unpaired) electrons. The molecule has 0 aliphatic heterocycles. The van der Waals surface area contributed by atoms with Crippen LogP contribution in [0.15, 0.2) is 59.7 Å². The molecule has 0 aliphatic carbocycles. The summed E-state index contributed by atoms with van der Waals surface area (Å²) in [6.07, 6.45) is 0. The number of esters is 1. The Labute approximate surface area is 166 Å². The number of nitrogens with one attached hydrogen (secondary N) is 2. The maximum Gasteiger partial charge on any atom is 0.308 e. The minimum atomic E-state index is -0.413. The van der Waals surface area contributed by atoms with Crippen LogP contribution < -0.4 is 10.2 Å². The van der Waals surface area contributed by atoms with Crippen LogP contribution in [0.25, 0.3) is 11.3 Å². The van der Waals surface area contributed by atoms with Gasteiger partial charge in [-0.25, -0.2) is 5.43 Å². The van der Waals surface area contributed by atoms with Crippen LogP contribution >= 0.6 is 11.6 Å². The Kier molecular flexibility index (Phi) is 5.86. The summed E-state index contributed by atoms with van der Waals surface area (Å²) in [6, 6.07) is 15.6. The molecule has 2 aromatic carbocycles. The number of halogens is 1. The summed E-state index contributed by atoms with van der Waals surface area (Å²) >= 11 is 5.88. The fraction of sp³-hybridized carbons (Fsp3) is 0.100. The zero-order chi connectivity index (χ0) is 20.1. The molecule has 3 rings (SSSR count). The monoisotopic (exact) mass is 396 g/mol. The molecule has 0 bridgehead atoms. The van der Waals surface area contributed by atoms with Crippen molar-refractivity contribution in [2.24, 2.45) is 5.10 Å². The molecule has 7 nitrogen and oxygen atoms in total. The second-order valence-corrected chi connectivity index (χ2v) is 6.37. The second kappa shape index (κ2) is 8.49. The smallest absolute Gasteiger partial charge is 0.308 e. The van der Waals surface area contributed by atoms with Gasteiger partial charge in [-0.1, -0.05) is 23.7 Å². The summed E-state index contributed by atoms with van der Waals surface area (Å²) in [5.41, 5.74) is 5.62. The molecule has 2 N–H and O–H groups in total. The molecule has 0 saturated carbocycles. The van der Waals surface area contributed by atoms with Gasteiger partial charge in [-0.2, -0.15) is 10.2 Å². The molecule has 3 aromatic rings. The lowest BCUT2D eigenvalue weighted by Crippen LogP contribution is -2.19. The number of carbonyl (C=O) groups excluding carboxylic acids is 2. The van der Waals surface area contributed by atoms with Gasteiger partial charge in [-0.3, -0.25) is 14.7 Å². The Morgan fingerprint density at radius 2 is 1.75 bits per heavy atom. The van der Waals surface area contributed by atoms with Gasteiger partial charge in [0.15, 0.2) is 0 Å². The number of aromatic nitrogens is 2. The van der Waals surface area contributed by atoms with Gasteiger partial charge in [0.1, 0.15) is 11.4 Å². The highest BCUT2D eigenvalue weighted by Gasteiger charge is 2.11. The lowest BCUT2D eigenvalue weighted by molar-refractivity contribution is -0.131. The largest absolute Gasteiger partial charge is 0.427 e. The molecule has 0 atom stereocenters. The average molecular weight is 397 g/mol. The minimum absolute atomic E-state index is 0.284. The molecule has 8 heteroatoms. The molecule has 28 heavy (non-hydrogen) atoms. The van der Waals surface area contributed by atoms with Gasteiger partial charge in [-0.15, -0.1) is 0 Å². The van der Waals surface area contributed by atoms with E-state index < -0.39 is 5.91 Å². The first-order chi connectivity index (χ1) is 13.4. The number of nitrogens with zero attached hydrogens (tertiary/aromatic N) is 2. The molecule has 0 spiro atoms. The van der Waals surface area contributed by atoms with E-state index in [4.69, 9.17) is 16.3 Å². The third kappa shape index (κ3) is 4.83. The predicted molar refractivity (Wildman–Crippen MR) is 106 cm³/mol. The van der Waals surface area contributed by atoms with Crippen LogP contribution in [-0.4, -0.2) is 27.8 Å². The van der Waals surface area contributed by atoms with Crippen molar-refractivity contribution in [2.75, 3.05) is 0 Å². The topological polar surface area (TPSA) is 96.4 Å². The maximum atomic E-state index is 12.3. The molecular weight excluding hydrogens is 380 g/mol. The van der Waals surface area contributed by atoms with Gasteiger partial charge >= 0.3 is 5.97 Å². The summed E-state index contributed by atoms with van der Waals surface area (Å²) in [5.74, 6) is -0.355. The zero-order valence-electron chi connectivity index (χ0n) is 15.2. The number of H-pyrrole nitrogens is 1. The SMILES string of the molecule is CC(=O)Oc1ccc(C(C)=NNC(=O)c2cc(-c3ccc(Cl)cc3)n[nH]2)cc1. The van der Waals surface area contributed by atoms with E-state index in [1.165, 1.54) is 6.92 Å². The number of amides is 1. The van der Waals surface area contributed by atoms with Crippen LogP contribution in [0.5, 0.6) is 5.75 Å². The van der Waals surface area contributed by atoms with Crippen molar-refractivity contribution >= 4 is 29.2 Å². The van der Waals surface area contributed by atoms with Crippen LogP contribution in [0.2, 0.25) is 5.02 Å². The Morgan fingerprint density at radius 1 is 1.07 bits per heavy atom. The summed E-state index contributed by atoms with van der Waals surface area (Å²) in [6.45, 7) is 3.09. The van der Waals surface area contributed by atoms with Crippen LogP contribution in [0.4, 0.5) is 0 Å². The van der Waals surface area contributed by atoms with E-state index in [1.807, 2.05) is 12.1 Å². The number of carbonyl (C=O) groups is 2. The number of ether oxygens (including phenoxy) is 1. The number of hydrogen-bond donors (Lipinski definition) is 2. The standard InChI is InChI=1S/C20H17ClN4O3/c1-12(14-5-9-17(10-6-14)28-13(2)26)22-25-20(27)19-11-18(23-24-19)15-3-7-16(21)8-4-15/h3-11H,1-2H3,(H,23,24)(H,25,27). The van der Waals surface area contributed by atoms with E-state index in [9.17, 15) is 9.59 Å². The zero-order valence-corrected chi connectivity index (χ0v) is 15.9. The van der Waals surface area contributed by atoms with Crippen LogP contribution in [0.1, 0.15) is 29.9 Å². The number of aromatic amines is 1. The molecule has 0 aliphatic rings. The normalized spacial score (nSPS) is 11.2. The number of hydrazone groups is 1. The molecule has 0 fully saturated rings. The first-order valence-corrected chi connectivity index (χ1v) is 8.75. The first-order valence-electron chi connectivity index (χ1n) is 8.37. The quantitative estimate of drug-likeness (QED) is 0.296. The summed E-state index contributed by atoms with van der Waals surface area (Å²) in [7, 11) is 0. The van der Waals surface area contributed by atoms with Crippen molar-refractivity contribution in [1.82, 2.24) is 15.6 Å². The van der Waals surface area contributed by atoms with Gasteiger partial charge in [0, 0.05) is 17.5 Å². The van der Waals surface area contributed by atoms with E-state index in [-0.39, 0.29) is 11.7 Å². The van der Waals surface area contributed by atoms with E-state index in [0.29, 0.717) is 22.2 Å². The van der Waals surface area contributed by atoms with Crippen molar-refractivity contribution < 1.29 is 14.3 Å². The van der Waals surface area contributed by atoms with Gasteiger partial charge in [0.2, 0.25) is 0 Å². The van der Waals surface area contributed by atoms with Crippen molar-refractivity contribution in [3.8, 4) is 17.0 Å². The molecular formula is C20H17ClN4O3. The molecule has 0 unspecified atom stereocenters. The number of benzene rings is 2. The molecule has 1 amide bonds. The van der Waals surface area contributed by atoms with Crippen molar-refractivity contribution in [3.63, 3.8) is 0 Å². The summed E-state index contributed by atoms with van der Waals surface area (Å²) in [4.78, 5) is 23.2. The molecule has 142 valence electrons. The average Bonchev–Trinajstić information content (AvgIpc) is 3.17. The van der Waals surface area contributed by atoms with Crippen molar-refractivity contribution in [1.29, 1.82) is 0 Å². The highest BCUT2D eigenvalue weighted by atomic mass is 35.5. The van der Waals surface area contributed by atoms with Crippen LogP contribution in [0, 0.1) is 0 Å². The lowest BCUT2D eigenvalue weighted by Gasteiger charge is -2.04. The minimum Gasteiger partial charge on any atom is -0.427 e. The Morgan fingerprint density at radius 3 is 2.39 bits per heavy atom. The van der Waals surface area contributed by atoms with E-state index in [2.05, 4.69) is 20.7 Å². The van der Waals surface area contributed by atoms with E-state index in [1.54, 1.807) is 49.4 Å². The number of hydrogen-bond acceptors (Lipinski definition) is 5. The highest BCUT2D eigenvalue weighted by Crippen LogP contribution is 2.20. The fourth-order valence-electron chi connectivity index (χ4n) is 2.40. The third-order valence-electron chi connectivity index (χ3n) is 3.82. The van der Waals surface area contributed by atoms with Crippen molar-refractivity contribution in [2.45, 2.75) is 13.8 Å². The Hall–Kier alpha value is -3.45. The van der Waals surface area contributed by atoms with Crippen LogP contribution in [0.3, 0.4) is 0 Å². The Balaban J connectivity index is 1.66. The third-order valence-corrected chi connectivity index (χ3v) is 4.07. The summed E-state index contributed by atoms with van der Waals surface area (Å²) in [5, 5.41) is 11.6. The second-order valence-electron chi connectivity index (χ2n) is 5.93. The van der Waals surface area contributed by atoms with Gasteiger partial charge in [0.25, 0.3) is 5.91 Å². The van der Waals surface area contributed by atoms with Gasteiger partial charge < -0.3 is 4.74 Å². The molecule has 1 aromatic heterocycles. The first kappa shape index (κ1) is 19.3. The summed E-state index contributed by atoms with van der Waals surface area (Å²) < 4.78 is 4.98. The Bertz CT molecular complexity index is 1020. The van der Waals surface area contributed by atoms with Crippen molar-refractivity contribution in [3.05, 3.63) is 70.9 Å². The van der Waals surface area contributed by atoms with E-state index >= 15 is 0 Å². The van der Waals surface area contributed by atoms with Crippen LogP contribution in [-0.2, 0) is 4.79 Å². The van der Waals surface area contributed by atoms with E-state index in [0.717, 1.165) is 11.1 Å². The fourth-order valence-corrected chi connectivity index (χ4v) is 2.52. The predicted octanol–water partition coefficient (Wildman–Crippen LogP) is 3.81. The number of rotatable bonds is 5. The van der Waals surface area contributed by atoms with Gasteiger partial charge in [-0.05, 0) is 55.0 Å². The molecule has 1 heterocycles. The van der Waals surface area contributed by atoms with Gasteiger partial charge in [0.05, 0.1) is 11.4 Å². The lowest BCUT2D eigenvalue weighted by atomic mass is 10.1. The highest BCUT2D eigenvalue weighted by molar-refractivity contribution is 6.30. The maximum absolute atomic E-state index is 12.3.